The van der Waals surface area contributed by atoms with Crippen LogP contribution in [0.15, 0.2) is 0 Å². The van der Waals surface area contributed by atoms with Crippen LogP contribution in [0.3, 0.4) is 0 Å². The molecule has 0 bridgehead atoms. The van der Waals surface area contributed by atoms with Crippen LogP contribution in [-0.2, 0) is 4.12 Å². The predicted octanol–water partition coefficient (Wildman–Crippen LogP) is -7.46. The van der Waals surface area contributed by atoms with E-state index in [-0.39, 0.29) is 86.6 Å². The summed E-state index contributed by atoms with van der Waals surface area (Å²) in [5.41, 5.74) is 0. The summed E-state index contributed by atoms with van der Waals surface area (Å²) in [4.78, 5) is 53.3. The summed E-state index contributed by atoms with van der Waals surface area (Å²) in [6.45, 7) is 0. The van der Waals surface area contributed by atoms with Crippen molar-refractivity contribution < 1.29 is 32.9 Å². The minimum absolute atomic E-state index is 0. The molecule has 0 heterocycles. The zero-order valence-electron chi connectivity index (χ0n) is 5.35. The largest absolute Gasteiger partial charge is 2.00 e. The van der Waals surface area contributed by atoms with Gasteiger partial charge >= 0.3 is 95.7 Å². The van der Waals surface area contributed by atoms with Crippen molar-refractivity contribution in [3.05, 3.63) is 0 Å². The van der Waals surface area contributed by atoms with Crippen LogP contribution in [0.5, 0.6) is 0 Å². The molecule has 56 valence electrons. The molecule has 0 aromatic heterocycles. The third-order valence-corrected chi connectivity index (χ3v) is 2.32. The monoisotopic (exact) mass is 348 g/mol. The van der Waals surface area contributed by atoms with Gasteiger partial charge < -0.3 is 32.9 Å². The summed E-state index contributed by atoms with van der Waals surface area (Å²) in [7, 11) is -11.2. The van der Waals surface area contributed by atoms with E-state index in [9.17, 15) is 19.2 Å². The third kappa shape index (κ3) is 19.4. The van der Waals surface area contributed by atoms with Crippen LogP contribution in [0.4, 0.5) is 0 Å². The number of hydrogen-bond acceptors (Lipinski definition) is 7. The zero-order chi connectivity index (χ0) is 7.71. The molecule has 0 saturated carbocycles. The molecule has 11 heteroatoms. The van der Waals surface area contributed by atoms with E-state index in [2.05, 4.69) is 4.12 Å². The van der Waals surface area contributed by atoms with Gasteiger partial charge in [-0.15, -0.1) is 9.05 Å². The molecular weight excluding hydrogens is 346 g/mol. The Kier molecular flexibility index (Phi) is 13.0. The van der Waals surface area contributed by atoms with Crippen LogP contribution in [-0.4, -0.2) is 114 Å². The third-order valence-electron chi connectivity index (χ3n) is 0.258. The average Bonchev–Trinajstić information content (AvgIpc) is 1.14. The second kappa shape index (κ2) is 7.30. The van der Waals surface area contributed by atoms with Gasteiger partial charge in [-0.05, 0) is 0 Å². The van der Waals surface area contributed by atoms with E-state index in [0.717, 1.165) is 0 Å². The Hall–Kier alpha value is 2.98. The molecule has 0 aliphatic rings. The molecule has 11 heavy (non-hydrogen) atoms. The van der Waals surface area contributed by atoms with Gasteiger partial charge in [0.1, 0.15) is 0 Å². The minimum Gasteiger partial charge on any atom is -0.862 e. The van der Waals surface area contributed by atoms with Gasteiger partial charge in [0.25, 0.3) is 0 Å². The Morgan fingerprint density at radius 1 is 1.00 bits per heavy atom. The SMILES string of the molecule is [Ba+2].[Ca+2].[O-][Si]([O-])([O-])O[Si]([O-])(O)O. The van der Waals surface area contributed by atoms with Gasteiger partial charge in [0.05, 0.1) is 0 Å². The van der Waals surface area contributed by atoms with E-state index < -0.39 is 18.1 Å². The zero-order valence-corrected chi connectivity index (χ0v) is 14.0. The van der Waals surface area contributed by atoms with Crippen molar-refractivity contribution in [3.8, 4) is 0 Å². The van der Waals surface area contributed by atoms with E-state index in [0.29, 0.717) is 0 Å². The molecule has 7 nitrogen and oxygen atoms in total. The Bertz CT molecular complexity index is 81.6. The van der Waals surface area contributed by atoms with Crippen LogP contribution in [0, 0.1) is 0 Å². The predicted molar refractivity (Wildman–Crippen MR) is 28.5 cm³/mol. The molecule has 0 aromatic carbocycles. The van der Waals surface area contributed by atoms with Crippen LogP contribution in [0.2, 0.25) is 0 Å². The maximum absolute atomic E-state index is 9.58. The molecule has 0 aliphatic carbocycles. The average molecular weight is 348 g/mol. The first-order valence-electron chi connectivity index (χ1n) is 1.67. The van der Waals surface area contributed by atoms with Crippen LogP contribution in [0.1, 0.15) is 0 Å². The van der Waals surface area contributed by atoms with E-state index >= 15 is 0 Å². The molecular formula is H2BaCaO7Si2. The summed E-state index contributed by atoms with van der Waals surface area (Å²) in [6.07, 6.45) is 0. The summed E-state index contributed by atoms with van der Waals surface area (Å²) >= 11 is 0. The van der Waals surface area contributed by atoms with E-state index in [4.69, 9.17) is 9.59 Å². The van der Waals surface area contributed by atoms with Crippen molar-refractivity contribution in [2.45, 2.75) is 0 Å². The molecule has 0 rings (SSSR count). The molecule has 0 radical (unpaired) electrons. The first kappa shape index (κ1) is 19.5. The van der Waals surface area contributed by atoms with Crippen molar-refractivity contribution in [2.75, 3.05) is 0 Å². The summed E-state index contributed by atoms with van der Waals surface area (Å²) in [6, 6.07) is 0. The summed E-state index contributed by atoms with van der Waals surface area (Å²) in [5.74, 6) is 0. The van der Waals surface area contributed by atoms with Crippen molar-refractivity contribution in [3.63, 3.8) is 0 Å². The van der Waals surface area contributed by atoms with Gasteiger partial charge in [0.15, 0.2) is 0 Å². The molecule has 0 unspecified atom stereocenters. The van der Waals surface area contributed by atoms with Gasteiger partial charge in [0, 0.05) is 0 Å². The van der Waals surface area contributed by atoms with Crippen molar-refractivity contribution in [2.24, 2.45) is 0 Å². The Balaban J connectivity index is -0.000000320. The molecule has 0 aliphatic heterocycles. The van der Waals surface area contributed by atoms with Gasteiger partial charge in [-0.25, -0.2) is 0 Å². The van der Waals surface area contributed by atoms with E-state index in [1.807, 2.05) is 0 Å². The fourth-order valence-electron chi connectivity index (χ4n) is 0.163. The molecule has 0 spiro atoms. The molecule has 0 saturated heterocycles. The minimum atomic E-state index is -5.79. The van der Waals surface area contributed by atoms with Crippen molar-refractivity contribution >= 4 is 105 Å². The maximum atomic E-state index is 9.58. The molecule has 0 amide bonds. The van der Waals surface area contributed by atoms with Crippen molar-refractivity contribution in [1.82, 2.24) is 0 Å². The standard InChI is InChI=1S/Ba.Ca.H2O7Si2/c;;1-8(2,3)7-9(4,5)6/h;;1-2H/q2*+2;-4. The normalized spacial score (nSPS) is 11.5. The van der Waals surface area contributed by atoms with Crippen LogP contribution >= 0.6 is 0 Å². The van der Waals surface area contributed by atoms with Gasteiger partial charge in [-0.3, -0.25) is 0 Å². The molecule has 0 aromatic rings. The number of hydrogen-bond donors (Lipinski definition) is 2. The molecule has 0 fully saturated rings. The fourth-order valence-corrected chi connectivity index (χ4v) is 1.47. The Labute approximate surface area is 135 Å². The topological polar surface area (TPSA) is 142 Å². The molecule has 2 N–H and O–H groups in total. The quantitative estimate of drug-likeness (QED) is 0.472. The molecule has 0 atom stereocenters. The summed E-state index contributed by atoms with van der Waals surface area (Å²) in [5, 5.41) is 0. The number of rotatable bonds is 2. The fraction of sp³-hybridized carbons (Fsp3) is 0. The first-order chi connectivity index (χ1) is 3.71. The second-order valence-corrected chi connectivity index (χ2v) is 4.06. The Morgan fingerprint density at radius 2 is 1.27 bits per heavy atom. The van der Waals surface area contributed by atoms with Crippen molar-refractivity contribution in [1.29, 1.82) is 0 Å². The Morgan fingerprint density at radius 3 is 1.27 bits per heavy atom. The summed E-state index contributed by atoms with van der Waals surface area (Å²) < 4.78 is 2.79. The van der Waals surface area contributed by atoms with E-state index in [1.165, 1.54) is 0 Å². The van der Waals surface area contributed by atoms with E-state index in [1.54, 1.807) is 0 Å². The first-order valence-corrected chi connectivity index (χ1v) is 5.02. The van der Waals surface area contributed by atoms with Crippen LogP contribution in [0.25, 0.3) is 0 Å². The second-order valence-electron chi connectivity index (χ2n) is 1.15. The smallest absolute Gasteiger partial charge is 0.862 e. The maximum Gasteiger partial charge on any atom is 2.00 e. The van der Waals surface area contributed by atoms with Gasteiger partial charge in [-0.2, -0.15) is 0 Å². The van der Waals surface area contributed by atoms with Gasteiger partial charge in [0.2, 0.25) is 0 Å². The van der Waals surface area contributed by atoms with Crippen LogP contribution < -0.4 is 19.2 Å². The van der Waals surface area contributed by atoms with Gasteiger partial charge in [-0.1, -0.05) is 0 Å².